The van der Waals surface area contributed by atoms with E-state index in [1.807, 2.05) is 0 Å². The molecule has 17 heavy (non-hydrogen) atoms. The van der Waals surface area contributed by atoms with Crippen molar-refractivity contribution in [2.24, 2.45) is 0 Å². The van der Waals surface area contributed by atoms with Crippen molar-refractivity contribution in [1.82, 2.24) is 10.2 Å². The van der Waals surface area contributed by atoms with Crippen molar-refractivity contribution >= 4 is 0 Å². The SMILES string of the molecule is CCNCc1ccc(CN(CC)C(C)C)cc1. The minimum absolute atomic E-state index is 0.612. The lowest BCUT2D eigenvalue weighted by molar-refractivity contribution is 0.225. The minimum atomic E-state index is 0.612. The first-order chi connectivity index (χ1) is 8.17. The molecule has 96 valence electrons. The summed E-state index contributed by atoms with van der Waals surface area (Å²) < 4.78 is 0. The predicted octanol–water partition coefficient (Wildman–Crippen LogP) is 3.03. The Hall–Kier alpha value is -0.860. The van der Waals surface area contributed by atoms with Crippen LogP contribution in [0.3, 0.4) is 0 Å². The first-order valence-corrected chi connectivity index (χ1v) is 6.70. The van der Waals surface area contributed by atoms with Gasteiger partial charge in [-0.05, 0) is 38.1 Å². The van der Waals surface area contributed by atoms with E-state index < -0.39 is 0 Å². The average Bonchev–Trinajstić information content (AvgIpc) is 2.34. The van der Waals surface area contributed by atoms with E-state index in [2.05, 4.69) is 62.2 Å². The van der Waals surface area contributed by atoms with Gasteiger partial charge in [-0.1, -0.05) is 38.1 Å². The molecule has 0 aromatic heterocycles. The summed E-state index contributed by atoms with van der Waals surface area (Å²) >= 11 is 0. The van der Waals surface area contributed by atoms with Gasteiger partial charge in [0.1, 0.15) is 0 Å². The molecule has 0 aliphatic heterocycles. The van der Waals surface area contributed by atoms with Crippen molar-refractivity contribution in [3.05, 3.63) is 35.4 Å². The highest BCUT2D eigenvalue weighted by atomic mass is 15.1. The molecule has 2 heteroatoms. The third kappa shape index (κ3) is 4.88. The zero-order chi connectivity index (χ0) is 12.7. The third-order valence-corrected chi connectivity index (χ3v) is 3.12. The number of hydrogen-bond acceptors (Lipinski definition) is 2. The molecule has 0 amide bonds. The average molecular weight is 234 g/mol. The van der Waals surface area contributed by atoms with Gasteiger partial charge in [0.2, 0.25) is 0 Å². The van der Waals surface area contributed by atoms with Crippen molar-refractivity contribution in [3.63, 3.8) is 0 Å². The normalized spacial score (nSPS) is 11.4. The van der Waals surface area contributed by atoms with Crippen LogP contribution in [0, 0.1) is 0 Å². The number of rotatable bonds is 7. The Bertz CT molecular complexity index is 303. The molecule has 0 fully saturated rings. The molecule has 0 saturated heterocycles. The van der Waals surface area contributed by atoms with E-state index in [0.29, 0.717) is 6.04 Å². The van der Waals surface area contributed by atoms with E-state index in [9.17, 15) is 0 Å². The summed E-state index contributed by atoms with van der Waals surface area (Å²) in [5.41, 5.74) is 2.77. The van der Waals surface area contributed by atoms with Gasteiger partial charge in [-0.2, -0.15) is 0 Å². The molecule has 0 radical (unpaired) electrons. The molecule has 0 aliphatic carbocycles. The molecule has 1 aromatic carbocycles. The number of nitrogens with one attached hydrogen (secondary N) is 1. The van der Waals surface area contributed by atoms with E-state index in [-0.39, 0.29) is 0 Å². The zero-order valence-electron chi connectivity index (χ0n) is 11.7. The fourth-order valence-electron chi connectivity index (χ4n) is 1.93. The molecular formula is C15H26N2. The van der Waals surface area contributed by atoms with Gasteiger partial charge in [0.15, 0.2) is 0 Å². The topological polar surface area (TPSA) is 15.3 Å². The second-order valence-electron chi connectivity index (χ2n) is 4.75. The fourth-order valence-corrected chi connectivity index (χ4v) is 1.93. The standard InChI is InChI=1S/C15H26N2/c1-5-16-11-14-7-9-15(10-8-14)12-17(6-2)13(3)4/h7-10,13,16H,5-6,11-12H2,1-4H3. The molecule has 0 saturated carbocycles. The second-order valence-corrected chi connectivity index (χ2v) is 4.75. The molecule has 0 unspecified atom stereocenters. The minimum Gasteiger partial charge on any atom is -0.313 e. The summed E-state index contributed by atoms with van der Waals surface area (Å²) in [6.45, 7) is 13.0. The Labute approximate surface area is 106 Å². The summed E-state index contributed by atoms with van der Waals surface area (Å²) in [7, 11) is 0. The Kier molecular flexibility index (Phi) is 6.23. The molecule has 1 aromatic rings. The number of hydrogen-bond donors (Lipinski definition) is 1. The Morgan fingerprint density at radius 1 is 1.06 bits per heavy atom. The van der Waals surface area contributed by atoms with Crippen LogP contribution in [0.2, 0.25) is 0 Å². The van der Waals surface area contributed by atoms with Gasteiger partial charge in [-0.25, -0.2) is 0 Å². The van der Waals surface area contributed by atoms with Crippen molar-refractivity contribution < 1.29 is 0 Å². The van der Waals surface area contributed by atoms with Crippen LogP contribution in [0.1, 0.15) is 38.8 Å². The van der Waals surface area contributed by atoms with Gasteiger partial charge in [0.05, 0.1) is 0 Å². The van der Waals surface area contributed by atoms with E-state index in [4.69, 9.17) is 0 Å². The van der Waals surface area contributed by atoms with Crippen molar-refractivity contribution in [2.45, 2.75) is 46.8 Å². The Balaban J connectivity index is 2.55. The van der Waals surface area contributed by atoms with Crippen molar-refractivity contribution in [2.75, 3.05) is 13.1 Å². The summed E-state index contributed by atoms with van der Waals surface area (Å²) in [4.78, 5) is 2.47. The van der Waals surface area contributed by atoms with Gasteiger partial charge in [-0.3, -0.25) is 4.90 Å². The predicted molar refractivity (Wildman–Crippen MR) is 75.0 cm³/mol. The van der Waals surface area contributed by atoms with Crippen LogP contribution in [-0.4, -0.2) is 24.0 Å². The van der Waals surface area contributed by atoms with E-state index >= 15 is 0 Å². The zero-order valence-corrected chi connectivity index (χ0v) is 11.7. The molecule has 0 spiro atoms. The lowest BCUT2D eigenvalue weighted by atomic mass is 10.1. The van der Waals surface area contributed by atoms with Crippen LogP contribution >= 0.6 is 0 Å². The van der Waals surface area contributed by atoms with Crippen molar-refractivity contribution in [1.29, 1.82) is 0 Å². The van der Waals surface area contributed by atoms with Gasteiger partial charge in [0.25, 0.3) is 0 Å². The van der Waals surface area contributed by atoms with Gasteiger partial charge in [-0.15, -0.1) is 0 Å². The highest BCUT2D eigenvalue weighted by Crippen LogP contribution is 2.09. The molecule has 2 nitrogen and oxygen atoms in total. The van der Waals surface area contributed by atoms with Crippen LogP contribution in [0.15, 0.2) is 24.3 Å². The maximum Gasteiger partial charge on any atom is 0.0236 e. The van der Waals surface area contributed by atoms with E-state index in [1.54, 1.807) is 0 Å². The van der Waals surface area contributed by atoms with E-state index in [0.717, 1.165) is 26.2 Å². The highest BCUT2D eigenvalue weighted by Gasteiger charge is 2.07. The van der Waals surface area contributed by atoms with Gasteiger partial charge < -0.3 is 5.32 Å². The Morgan fingerprint density at radius 2 is 1.65 bits per heavy atom. The Morgan fingerprint density at radius 3 is 2.12 bits per heavy atom. The molecule has 0 aliphatic rings. The molecule has 0 bridgehead atoms. The number of benzene rings is 1. The maximum atomic E-state index is 3.34. The third-order valence-electron chi connectivity index (χ3n) is 3.12. The molecule has 1 rings (SSSR count). The first kappa shape index (κ1) is 14.2. The summed E-state index contributed by atoms with van der Waals surface area (Å²) in [5.74, 6) is 0. The molecular weight excluding hydrogens is 208 g/mol. The van der Waals surface area contributed by atoms with Crippen LogP contribution < -0.4 is 5.32 Å². The van der Waals surface area contributed by atoms with Crippen molar-refractivity contribution in [3.8, 4) is 0 Å². The van der Waals surface area contributed by atoms with E-state index in [1.165, 1.54) is 11.1 Å². The molecule has 1 N–H and O–H groups in total. The fraction of sp³-hybridized carbons (Fsp3) is 0.600. The smallest absolute Gasteiger partial charge is 0.0236 e. The number of nitrogens with zero attached hydrogens (tertiary/aromatic N) is 1. The summed E-state index contributed by atoms with van der Waals surface area (Å²) in [5, 5.41) is 3.34. The second kappa shape index (κ2) is 7.46. The van der Waals surface area contributed by atoms with Gasteiger partial charge in [0, 0.05) is 19.1 Å². The molecule has 0 heterocycles. The monoisotopic (exact) mass is 234 g/mol. The van der Waals surface area contributed by atoms with Crippen LogP contribution in [0.4, 0.5) is 0 Å². The largest absolute Gasteiger partial charge is 0.313 e. The van der Waals surface area contributed by atoms with Crippen LogP contribution in [0.5, 0.6) is 0 Å². The lowest BCUT2D eigenvalue weighted by Gasteiger charge is -2.24. The summed E-state index contributed by atoms with van der Waals surface area (Å²) in [6.07, 6.45) is 0. The first-order valence-electron chi connectivity index (χ1n) is 6.70. The molecule has 0 atom stereocenters. The quantitative estimate of drug-likeness (QED) is 0.780. The van der Waals surface area contributed by atoms with Gasteiger partial charge >= 0.3 is 0 Å². The van der Waals surface area contributed by atoms with Crippen LogP contribution in [-0.2, 0) is 13.1 Å². The highest BCUT2D eigenvalue weighted by molar-refractivity contribution is 5.22. The maximum absolute atomic E-state index is 3.34. The summed E-state index contributed by atoms with van der Waals surface area (Å²) in [6, 6.07) is 9.56. The lowest BCUT2D eigenvalue weighted by Crippen LogP contribution is -2.29. The van der Waals surface area contributed by atoms with Crippen LogP contribution in [0.25, 0.3) is 0 Å².